The van der Waals surface area contributed by atoms with E-state index in [-0.39, 0.29) is 0 Å². The van der Waals surface area contributed by atoms with Gasteiger partial charge in [-0.15, -0.1) is 11.3 Å². The highest BCUT2D eigenvalue weighted by molar-refractivity contribution is 7.09. The van der Waals surface area contributed by atoms with Gasteiger partial charge in [-0.1, -0.05) is 13.8 Å². The normalized spacial score (nSPS) is 14.2. The largest absolute Gasteiger partial charge is 0.490 e. The van der Waals surface area contributed by atoms with Crippen molar-refractivity contribution in [3.05, 3.63) is 28.6 Å². The second-order valence-corrected chi connectivity index (χ2v) is 6.32. The lowest BCUT2D eigenvalue weighted by Gasteiger charge is -2.08. The number of thiazole rings is 1. The maximum atomic E-state index is 5.73. The molecular formula is C16H20N2O2S. The predicted octanol–water partition coefficient (Wildman–Crippen LogP) is 3.47. The minimum atomic E-state index is 0.468. The van der Waals surface area contributed by atoms with E-state index in [0.717, 1.165) is 40.7 Å². The molecule has 1 aliphatic rings. The molecule has 0 radical (unpaired) electrons. The second kappa shape index (κ2) is 6.45. The molecule has 4 nitrogen and oxygen atoms in total. The van der Waals surface area contributed by atoms with Crippen LogP contribution in [-0.2, 0) is 6.54 Å². The number of benzene rings is 1. The second-order valence-electron chi connectivity index (χ2n) is 5.37. The first kappa shape index (κ1) is 14.4. The highest BCUT2D eigenvalue weighted by Crippen LogP contribution is 2.34. The number of fused-ring (bicyclic) bond motifs is 1. The number of rotatable bonds is 4. The smallest absolute Gasteiger partial charge is 0.161 e. The van der Waals surface area contributed by atoms with Crippen LogP contribution in [0, 0.1) is 0 Å². The van der Waals surface area contributed by atoms with Gasteiger partial charge in [0.25, 0.3) is 0 Å². The molecule has 2 heterocycles. The molecule has 1 aromatic heterocycles. The zero-order valence-electron chi connectivity index (χ0n) is 12.4. The van der Waals surface area contributed by atoms with E-state index < -0.39 is 0 Å². The van der Waals surface area contributed by atoms with Crippen LogP contribution in [0.5, 0.6) is 11.5 Å². The van der Waals surface area contributed by atoms with Crippen LogP contribution in [0.3, 0.4) is 0 Å². The number of nitrogens with one attached hydrogen (secondary N) is 1. The molecule has 1 N–H and O–H groups in total. The van der Waals surface area contributed by atoms with Crippen molar-refractivity contribution in [1.82, 2.24) is 10.3 Å². The third-order valence-electron chi connectivity index (χ3n) is 3.26. The van der Waals surface area contributed by atoms with Crippen molar-refractivity contribution in [2.45, 2.75) is 32.9 Å². The summed E-state index contributed by atoms with van der Waals surface area (Å²) in [6, 6.07) is 6.51. The molecule has 0 saturated heterocycles. The van der Waals surface area contributed by atoms with Gasteiger partial charge >= 0.3 is 0 Å². The maximum absolute atomic E-state index is 5.73. The lowest BCUT2D eigenvalue weighted by atomic mass is 10.1. The number of aromatic nitrogens is 1. The number of hydrogen-bond donors (Lipinski definition) is 1. The van der Waals surface area contributed by atoms with E-state index in [1.165, 1.54) is 0 Å². The zero-order valence-corrected chi connectivity index (χ0v) is 13.2. The average Bonchev–Trinajstić information content (AvgIpc) is 2.82. The van der Waals surface area contributed by atoms with Crippen molar-refractivity contribution in [2.75, 3.05) is 13.2 Å². The molecule has 1 aliphatic heterocycles. The molecule has 0 spiro atoms. The molecule has 21 heavy (non-hydrogen) atoms. The van der Waals surface area contributed by atoms with Crippen LogP contribution in [0.1, 0.15) is 25.3 Å². The molecule has 0 bridgehead atoms. The first-order valence-electron chi connectivity index (χ1n) is 7.30. The summed E-state index contributed by atoms with van der Waals surface area (Å²) in [5, 5.41) is 6.58. The Bertz CT molecular complexity index is 610. The summed E-state index contributed by atoms with van der Waals surface area (Å²) in [6.45, 7) is 6.51. The summed E-state index contributed by atoms with van der Waals surface area (Å²) >= 11 is 1.68. The van der Waals surface area contributed by atoms with Gasteiger partial charge in [0.15, 0.2) is 11.5 Å². The lowest BCUT2D eigenvalue weighted by Crippen LogP contribution is -2.21. The Kier molecular flexibility index (Phi) is 4.41. The predicted molar refractivity (Wildman–Crippen MR) is 85.1 cm³/mol. The number of ether oxygens (including phenoxy) is 2. The van der Waals surface area contributed by atoms with Gasteiger partial charge in [-0.3, -0.25) is 0 Å². The first-order chi connectivity index (χ1) is 10.2. The molecule has 5 heteroatoms. The molecule has 0 atom stereocenters. The van der Waals surface area contributed by atoms with Gasteiger partial charge in [-0.05, 0) is 18.2 Å². The molecule has 3 rings (SSSR count). The van der Waals surface area contributed by atoms with Gasteiger partial charge in [0, 0.05) is 30.0 Å². The van der Waals surface area contributed by atoms with E-state index >= 15 is 0 Å². The summed E-state index contributed by atoms with van der Waals surface area (Å²) in [7, 11) is 0. The summed E-state index contributed by atoms with van der Waals surface area (Å²) in [5.74, 6) is 1.65. The topological polar surface area (TPSA) is 43.4 Å². The fourth-order valence-electron chi connectivity index (χ4n) is 2.14. The van der Waals surface area contributed by atoms with E-state index in [9.17, 15) is 0 Å². The van der Waals surface area contributed by atoms with Gasteiger partial charge in [0.05, 0.1) is 18.9 Å². The van der Waals surface area contributed by atoms with Crippen molar-refractivity contribution in [1.29, 1.82) is 0 Å². The Hall–Kier alpha value is -1.59. The summed E-state index contributed by atoms with van der Waals surface area (Å²) in [6.07, 6.45) is 0.922. The fourth-order valence-corrected chi connectivity index (χ4v) is 2.89. The Morgan fingerprint density at radius 3 is 2.86 bits per heavy atom. The molecule has 2 aromatic rings. The third-order valence-corrected chi connectivity index (χ3v) is 4.11. The van der Waals surface area contributed by atoms with Gasteiger partial charge in [0.2, 0.25) is 0 Å². The van der Waals surface area contributed by atoms with Crippen molar-refractivity contribution < 1.29 is 9.47 Å². The zero-order chi connectivity index (χ0) is 14.7. The van der Waals surface area contributed by atoms with Crippen LogP contribution in [-0.4, -0.2) is 24.2 Å². The van der Waals surface area contributed by atoms with Crippen LogP contribution in [0.4, 0.5) is 0 Å². The van der Waals surface area contributed by atoms with Gasteiger partial charge in [0.1, 0.15) is 5.01 Å². The number of hydrogen-bond acceptors (Lipinski definition) is 5. The molecule has 1 aromatic carbocycles. The van der Waals surface area contributed by atoms with Crippen molar-refractivity contribution >= 4 is 11.3 Å². The van der Waals surface area contributed by atoms with Gasteiger partial charge < -0.3 is 14.8 Å². The Morgan fingerprint density at radius 1 is 1.24 bits per heavy atom. The third kappa shape index (κ3) is 3.54. The van der Waals surface area contributed by atoms with Crippen molar-refractivity contribution in [3.8, 4) is 22.8 Å². The van der Waals surface area contributed by atoms with Crippen LogP contribution < -0.4 is 14.8 Å². The highest BCUT2D eigenvalue weighted by Gasteiger charge is 2.13. The Balaban J connectivity index is 1.79. The minimum Gasteiger partial charge on any atom is -0.490 e. The Labute approximate surface area is 129 Å². The van der Waals surface area contributed by atoms with E-state index in [1.54, 1.807) is 11.3 Å². The van der Waals surface area contributed by atoms with Crippen molar-refractivity contribution in [3.63, 3.8) is 0 Å². The summed E-state index contributed by atoms with van der Waals surface area (Å²) in [5.41, 5.74) is 2.07. The van der Waals surface area contributed by atoms with E-state index in [0.29, 0.717) is 19.3 Å². The van der Waals surface area contributed by atoms with Crippen LogP contribution in [0.25, 0.3) is 11.3 Å². The molecule has 0 fully saturated rings. The fraction of sp³-hybridized carbons (Fsp3) is 0.438. The van der Waals surface area contributed by atoms with Gasteiger partial charge in [-0.25, -0.2) is 4.98 Å². The molecule has 112 valence electrons. The van der Waals surface area contributed by atoms with E-state index in [1.807, 2.05) is 18.2 Å². The molecular weight excluding hydrogens is 284 g/mol. The highest BCUT2D eigenvalue weighted by atomic mass is 32.1. The summed E-state index contributed by atoms with van der Waals surface area (Å²) in [4.78, 5) is 4.68. The molecule has 0 aliphatic carbocycles. The maximum Gasteiger partial charge on any atom is 0.161 e. The molecule has 0 saturated carbocycles. The summed E-state index contributed by atoms with van der Waals surface area (Å²) < 4.78 is 11.4. The van der Waals surface area contributed by atoms with Crippen molar-refractivity contribution in [2.24, 2.45) is 0 Å². The average molecular weight is 304 g/mol. The lowest BCUT2D eigenvalue weighted by molar-refractivity contribution is 0.297. The van der Waals surface area contributed by atoms with E-state index in [4.69, 9.17) is 9.47 Å². The first-order valence-corrected chi connectivity index (χ1v) is 8.18. The van der Waals surface area contributed by atoms with Crippen LogP contribution in [0.2, 0.25) is 0 Å². The van der Waals surface area contributed by atoms with Gasteiger partial charge in [-0.2, -0.15) is 0 Å². The standard InChI is InChI=1S/C16H20N2O2S/c1-11(2)17-9-16-18-13(10-21-16)12-4-5-14-15(8-12)20-7-3-6-19-14/h4-5,8,10-11,17H,3,6-7,9H2,1-2H3. The minimum absolute atomic E-state index is 0.468. The molecule has 0 amide bonds. The SMILES string of the molecule is CC(C)NCc1nc(-c2ccc3c(c2)OCCCO3)cs1. The van der Waals surface area contributed by atoms with Crippen LogP contribution >= 0.6 is 11.3 Å². The Morgan fingerprint density at radius 2 is 2.05 bits per heavy atom. The molecule has 0 unspecified atom stereocenters. The van der Waals surface area contributed by atoms with Crippen LogP contribution in [0.15, 0.2) is 23.6 Å². The quantitative estimate of drug-likeness (QED) is 0.939. The number of nitrogens with zero attached hydrogens (tertiary/aromatic N) is 1. The monoisotopic (exact) mass is 304 g/mol. The van der Waals surface area contributed by atoms with E-state index in [2.05, 4.69) is 29.5 Å².